The van der Waals surface area contributed by atoms with Crippen molar-refractivity contribution in [3.05, 3.63) is 58.4 Å². The van der Waals surface area contributed by atoms with Crippen molar-refractivity contribution in [2.75, 3.05) is 0 Å². The van der Waals surface area contributed by atoms with Gasteiger partial charge in [0.2, 0.25) is 0 Å². The van der Waals surface area contributed by atoms with Gasteiger partial charge < -0.3 is 0 Å². The van der Waals surface area contributed by atoms with Crippen LogP contribution >= 0.6 is 23.2 Å². The van der Waals surface area contributed by atoms with Crippen LogP contribution in [0.5, 0.6) is 0 Å². The minimum atomic E-state index is -0.199. The molecular formula is C17H16Cl2N2. The zero-order valence-corrected chi connectivity index (χ0v) is 13.7. The molecule has 4 heteroatoms. The van der Waals surface area contributed by atoms with Gasteiger partial charge in [0.25, 0.3) is 0 Å². The average Bonchev–Trinajstić information content (AvgIpc) is 2.77. The highest BCUT2D eigenvalue weighted by Crippen LogP contribution is 2.32. The molecule has 0 N–H and O–H groups in total. The molecule has 1 atom stereocenters. The van der Waals surface area contributed by atoms with Crippen LogP contribution in [0.15, 0.2) is 36.4 Å². The fraction of sp³-hybridized carbons (Fsp3) is 0.235. The van der Waals surface area contributed by atoms with E-state index in [0.29, 0.717) is 5.02 Å². The van der Waals surface area contributed by atoms with Gasteiger partial charge in [-0.3, -0.25) is 4.57 Å². The third-order valence-electron chi connectivity index (χ3n) is 3.54. The van der Waals surface area contributed by atoms with Gasteiger partial charge in [-0.1, -0.05) is 23.7 Å². The summed E-state index contributed by atoms with van der Waals surface area (Å²) in [7, 11) is 0. The number of nitrogens with zero attached hydrogens (tertiary/aromatic N) is 2. The van der Waals surface area contributed by atoms with E-state index < -0.39 is 0 Å². The van der Waals surface area contributed by atoms with Gasteiger partial charge in [-0.25, -0.2) is 4.98 Å². The first kappa shape index (κ1) is 14.4. The maximum atomic E-state index is 6.45. The summed E-state index contributed by atoms with van der Waals surface area (Å²) in [4.78, 5) is 4.67. The van der Waals surface area contributed by atoms with Gasteiger partial charge >= 0.3 is 0 Å². The highest BCUT2D eigenvalue weighted by Gasteiger charge is 2.18. The molecule has 0 bridgehead atoms. The molecule has 0 aliphatic heterocycles. The monoisotopic (exact) mass is 318 g/mol. The first-order valence-corrected chi connectivity index (χ1v) is 7.68. The van der Waals surface area contributed by atoms with Crippen molar-refractivity contribution < 1.29 is 0 Å². The predicted molar refractivity (Wildman–Crippen MR) is 89.8 cm³/mol. The van der Waals surface area contributed by atoms with Crippen LogP contribution < -0.4 is 0 Å². The first-order chi connectivity index (χ1) is 9.97. The highest BCUT2D eigenvalue weighted by molar-refractivity contribution is 6.32. The summed E-state index contributed by atoms with van der Waals surface area (Å²) in [5.74, 6) is 0.808. The van der Waals surface area contributed by atoms with Crippen molar-refractivity contribution >= 4 is 34.2 Å². The summed E-state index contributed by atoms with van der Waals surface area (Å²) in [5, 5.41) is 0.504. The molecule has 0 fully saturated rings. The van der Waals surface area contributed by atoms with Crippen LogP contribution in [-0.4, -0.2) is 9.55 Å². The Kier molecular flexibility index (Phi) is 3.68. The summed E-state index contributed by atoms with van der Waals surface area (Å²) < 4.78 is 2.06. The Labute approximate surface area is 134 Å². The van der Waals surface area contributed by atoms with Gasteiger partial charge in [-0.2, -0.15) is 0 Å². The second-order valence-electron chi connectivity index (χ2n) is 5.37. The Balaban J connectivity index is 2.38. The lowest BCUT2D eigenvalue weighted by Gasteiger charge is -2.13. The van der Waals surface area contributed by atoms with E-state index in [-0.39, 0.29) is 5.38 Å². The largest absolute Gasteiger partial charge is 0.294 e. The third kappa shape index (κ3) is 2.54. The van der Waals surface area contributed by atoms with Gasteiger partial charge in [-0.05, 0) is 56.2 Å². The lowest BCUT2D eigenvalue weighted by Crippen LogP contribution is -2.02. The Hall–Kier alpha value is -1.51. The Morgan fingerprint density at radius 1 is 1.05 bits per heavy atom. The van der Waals surface area contributed by atoms with E-state index in [1.807, 2.05) is 38.1 Å². The number of rotatable bonds is 2. The third-order valence-corrected chi connectivity index (χ3v) is 4.03. The van der Waals surface area contributed by atoms with Crippen molar-refractivity contribution in [1.29, 1.82) is 0 Å². The fourth-order valence-electron chi connectivity index (χ4n) is 2.52. The Morgan fingerprint density at radius 2 is 1.71 bits per heavy atom. The molecule has 0 saturated carbocycles. The van der Waals surface area contributed by atoms with Gasteiger partial charge in [-0.15, -0.1) is 11.6 Å². The van der Waals surface area contributed by atoms with E-state index in [0.717, 1.165) is 28.1 Å². The van der Waals surface area contributed by atoms with Crippen LogP contribution in [0.2, 0.25) is 5.02 Å². The van der Waals surface area contributed by atoms with E-state index in [1.165, 1.54) is 5.56 Å². The smallest absolute Gasteiger partial charge is 0.132 e. The molecule has 0 aliphatic rings. The van der Waals surface area contributed by atoms with Gasteiger partial charge in [0.1, 0.15) is 5.82 Å². The second-order valence-corrected chi connectivity index (χ2v) is 6.43. The standard InChI is InChI=1S/C17H16Cl2N2/c1-10-5-7-15(13(19)8-10)21-16-9-11(2)4-6-14(16)20-17(21)12(3)18/h4-9,12H,1-3H3. The minimum absolute atomic E-state index is 0.199. The van der Waals surface area contributed by atoms with Gasteiger partial charge in [0, 0.05) is 0 Å². The lowest BCUT2D eigenvalue weighted by molar-refractivity contribution is 0.882. The molecule has 3 aromatic rings. The molecule has 1 heterocycles. The normalized spacial score (nSPS) is 12.8. The SMILES string of the molecule is Cc1ccc(-n2c(C(C)Cl)nc3ccc(C)cc32)c(Cl)c1. The number of hydrogen-bond donors (Lipinski definition) is 0. The Morgan fingerprint density at radius 3 is 2.38 bits per heavy atom. The molecule has 2 nitrogen and oxygen atoms in total. The molecule has 0 spiro atoms. The Bertz CT molecular complexity index is 819. The van der Waals surface area contributed by atoms with Crippen LogP contribution in [-0.2, 0) is 0 Å². The van der Waals surface area contributed by atoms with E-state index in [4.69, 9.17) is 23.2 Å². The molecule has 1 unspecified atom stereocenters. The van der Waals surface area contributed by atoms with E-state index in [9.17, 15) is 0 Å². The summed E-state index contributed by atoms with van der Waals surface area (Å²) in [6.45, 7) is 6.02. The molecule has 3 rings (SSSR count). The molecule has 21 heavy (non-hydrogen) atoms. The predicted octanol–water partition coefficient (Wildman–Crippen LogP) is 5.60. The molecule has 1 aromatic heterocycles. The zero-order valence-electron chi connectivity index (χ0n) is 12.2. The molecule has 0 saturated heterocycles. The number of aromatic nitrogens is 2. The van der Waals surface area contributed by atoms with E-state index in [1.54, 1.807) is 0 Å². The lowest BCUT2D eigenvalue weighted by atomic mass is 10.2. The van der Waals surface area contributed by atoms with Crippen molar-refractivity contribution in [3.63, 3.8) is 0 Å². The van der Waals surface area contributed by atoms with Crippen LogP contribution in [0.25, 0.3) is 16.7 Å². The van der Waals surface area contributed by atoms with Gasteiger partial charge in [0.15, 0.2) is 0 Å². The van der Waals surface area contributed by atoms with Crippen molar-refractivity contribution in [2.24, 2.45) is 0 Å². The first-order valence-electron chi connectivity index (χ1n) is 6.87. The number of fused-ring (bicyclic) bond motifs is 1. The summed E-state index contributed by atoms with van der Waals surface area (Å²) in [6, 6.07) is 12.2. The number of halogens is 2. The van der Waals surface area contributed by atoms with Crippen LogP contribution in [0.4, 0.5) is 0 Å². The van der Waals surface area contributed by atoms with E-state index in [2.05, 4.69) is 28.6 Å². The van der Waals surface area contributed by atoms with Crippen molar-refractivity contribution in [1.82, 2.24) is 9.55 Å². The maximum absolute atomic E-state index is 6.45. The molecule has 0 amide bonds. The molecule has 0 radical (unpaired) electrons. The number of benzene rings is 2. The molecule has 0 aliphatic carbocycles. The number of aryl methyl sites for hydroxylation is 2. The summed E-state index contributed by atoms with van der Waals surface area (Å²) >= 11 is 12.8. The fourth-order valence-corrected chi connectivity index (χ4v) is 2.98. The average molecular weight is 319 g/mol. The van der Waals surface area contributed by atoms with Crippen molar-refractivity contribution in [2.45, 2.75) is 26.1 Å². The maximum Gasteiger partial charge on any atom is 0.132 e. The zero-order chi connectivity index (χ0) is 15.1. The molecular weight excluding hydrogens is 303 g/mol. The second kappa shape index (κ2) is 5.36. The summed E-state index contributed by atoms with van der Waals surface area (Å²) in [5.41, 5.74) is 5.19. The van der Waals surface area contributed by atoms with Crippen LogP contribution in [0, 0.1) is 13.8 Å². The molecule has 108 valence electrons. The topological polar surface area (TPSA) is 17.8 Å². The quantitative estimate of drug-likeness (QED) is 0.563. The van der Waals surface area contributed by atoms with Crippen LogP contribution in [0.1, 0.15) is 29.3 Å². The number of alkyl halides is 1. The number of hydrogen-bond acceptors (Lipinski definition) is 1. The van der Waals surface area contributed by atoms with Crippen molar-refractivity contribution in [3.8, 4) is 5.69 Å². The van der Waals surface area contributed by atoms with Gasteiger partial charge in [0.05, 0.1) is 27.1 Å². The minimum Gasteiger partial charge on any atom is -0.294 e. The number of imidazole rings is 1. The summed E-state index contributed by atoms with van der Waals surface area (Å²) in [6.07, 6.45) is 0. The van der Waals surface area contributed by atoms with E-state index >= 15 is 0 Å². The highest BCUT2D eigenvalue weighted by atomic mass is 35.5. The molecule has 2 aromatic carbocycles. The van der Waals surface area contributed by atoms with Crippen LogP contribution in [0.3, 0.4) is 0 Å².